The lowest BCUT2D eigenvalue weighted by Crippen LogP contribution is -2.15. The lowest BCUT2D eigenvalue weighted by molar-refractivity contribution is 0.100. The van der Waals surface area contributed by atoms with Crippen LogP contribution < -0.4 is 11.1 Å². The molecule has 2 aromatic heterocycles. The molecule has 0 spiro atoms. The zero-order valence-electron chi connectivity index (χ0n) is 14.6. The monoisotopic (exact) mass is 335 g/mol. The van der Waals surface area contributed by atoms with E-state index in [0.717, 1.165) is 16.7 Å². The van der Waals surface area contributed by atoms with Crippen LogP contribution in [0.2, 0.25) is 0 Å². The van der Waals surface area contributed by atoms with E-state index in [1.165, 1.54) is 11.1 Å². The molecule has 25 heavy (non-hydrogen) atoms. The van der Waals surface area contributed by atoms with Gasteiger partial charge in [-0.3, -0.25) is 9.48 Å². The van der Waals surface area contributed by atoms with E-state index in [1.807, 2.05) is 13.2 Å². The molecule has 0 aliphatic carbocycles. The Balaban J connectivity index is 1.85. The number of carbonyl (C=O) groups is 1. The van der Waals surface area contributed by atoms with Crippen LogP contribution in [-0.4, -0.2) is 20.7 Å². The van der Waals surface area contributed by atoms with E-state index in [1.54, 1.807) is 23.1 Å². The van der Waals surface area contributed by atoms with Gasteiger partial charge in [0.2, 0.25) is 0 Å². The molecule has 0 saturated heterocycles. The summed E-state index contributed by atoms with van der Waals surface area (Å²) in [4.78, 5) is 16.2. The number of anilines is 1. The number of benzene rings is 1. The zero-order valence-corrected chi connectivity index (χ0v) is 14.6. The van der Waals surface area contributed by atoms with Crippen LogP contribution in [0.25, 0.3) is 11.1 Å². The number of carbonyl (C=O) groups excluding carboxylic acids is 1. The second-order valence-corrected chi connectivity index (χ2v) is 6.16. The van der Waals surface area contributed by atoms with Crippen LogP contribution in [0.3, 0.4) is 0 Å². The second-order valence-electron chi connectivity index (χ2n) is 6.16. The molecule has 0 saturated carbocycles. The van der Waals surface area contributed by atoms with Crippen molar-refractivity contribution in [2.24, 2.45) is 12.8 Å². The summed E-state index contributed by atoms with van der Waals surface area (Å²) in [6.45, 7) is 4.73. The summed E-state index contributed by atoms with van der Waals surface area (Å²) >= 11 is 0. The normalized spacial score (nSPS) is 10.7. The number of nitrogens with one attached hydrogen (secondary N) is 1. The summed E-state index contributed by atoms with van der Waals surface area (Å²) in [6, 6.07) is 8.01. The van der Waals surface area contributed by atoms with Crippen molar-refractivity contribution in [2.75, 3.05) is 5.32 Å². The molecule has 2 heterocycles. The fraction of sp³-hybridized carbons (Fsp3) is 0.211. The second kappa shape index (κ2) is 6.76. The number of hydrogen-bond donors (Lipinski definition) is 2. The molecule has 1 amide bonds. The van der Waals surface area contributed by atoms with E-state index < -0.39 is 5.91 Å². The lowest BCUT2D eigenvalue weighted by Gasteiger charge is -2.11. The topological polar surface area (TPSA) is 85.8 Å². The van der Waals surface area contributed by atoms with Gasteiger partial charge in [-0.05, 0) is 36.6 Å². The molecule has 0 bridgehead atoms. The van der Waals surface area contributed by atoms with Crippen molar-refractivity contribution >= 4 is 11.7 Å². The van der Waals surface area contributed by atoms with E-state index in [-0.39, 0.29) is 0 Å². The molecule has 0 aliphatic heterocycles. The zero-order chi connectivity index (χ0) is 18.0. The van der Waals surface area contributed by atoms with E-state index >= 15 is 0 Å². The lowest BCUT2D eigenvalue weighted by atomic mass is 10.1. The molecule has 0 aliphatic rings. The molecule has 0 atom stereocenters. The molecule has 1 aromatic carbocycles. The van der Waals surface area contributed by atoms with Crippen LogP contribution in [0.1, 0.15) is 27.0 Å². The van der Waals surface area contributed by atoms with Crippen molar-refractivity contribution < 1.29 is 4.79 Å². The molecule has 3 N–H and O–H groups in total. The summed E-state index contributed by atoms with van der Waals surface area (Å²) < 4.78 is 1.70. The number of pyridine rings is 1. The molecule has 6 nitrogen and oxygen atoms in total. The minimum atomic E-state index is -0.513. The number of rotatable bonds is 5. The Bertz CT molecular complexity index is 929. The Morgan fingerprint density at radius 2 is 1.96 bits per heavy atom. The predicted molar refractivity (Wildman–Crippen MR) is 98.2 cm³/mol. The fourth-order valence-electron chi connectivity index (χ4n) is 2.62. The maximum absolute atomic E-state index is 11.8. The average molecular weight is 335 g/mol. The van der Waals surface area contributed by atoms with Crippen LogP contribution in [0.5, 0.6) is 0 Å². The molecule has 0 fully saturated rings. The van der Waals surface area contributed by atoms with Gasteiger partial charge in [-0.1, -0.05) is 18.2 Å². The molecule has 3 aromatic rings. The Labute approximate surface area is 146 Å². The fourth-order valence-corrected chi connectivity index (χ4v) is 2.62. The molecule has 0 radical (unpaired) electrons. The first-order valence-corrected chi connectivity index (χ1v) is 8.03. The summed E-state index contributed by atoms with van der Waals surface area (Å²) in [7, 11) is 1.84. The number of amides is 1. The van der Waals surface area contributed by atoms with Gasteiger partial charge in [0.05, 0.1) is 11.8 Å². The van der Waals surface area contributed by atoms with Gasteiger partial charge >= 0.3 is 0 Å². The summed E-state index contributed by atoms with van der Waals surface area (Å²) in [5.74, 6) is -0.0285. The number of nitrogens with two attached hydrogens (primary N) is 1. The quantitative estimate of drug-likeness (QED) is 0.751. The summed E-state index contributed by atoms with van der Waals surface area (Å²) in [5, 5.41) is 7.35. The van der Waals surface area contributed by atoms with Gasteiger partial charge < -0.3 is 11.1 Å². The van der Waals surface area contributed by atoms with Crippen LogP contribution in [0.4, 0.5) is 5.82 Å². The van der Waals surface area contributed by atoms with Crippen molar-refractivity contribution in [1.82, 2.24) is 14.8 Å². The highest BCUT2D eigenvalue weighted by atomic mass is 16.1. The first kappa shape index (κ1) is 16.7. The van der Waals surface area contributed by atoms with E-state index in [4.69, 9.17) is 5.73 Å². The van der Waals surface area contributed by atoms with E-state index in [2.05, 4.69) is 47.4 Å². The Morgan fingerprint density at radius 1 is 1.16 bits per heavy atom. The smallest absolute Gasteiger partial charge is 0.252 e. The van der Waals surface area contributed by atoms with Crippen molar-refractivity contribution in [1.29, 1.82) is 0 Å². The van der Waals surface area contributed by atoms with Gasteiger partial charge in [0.15, 0.2) is 0 Å². The van der Waals surface area contributed by atoms with Crippen LogP contribution in [0.15, 0.2) is 42.9 Å². The van der Waals surface area contributed by atoms with Crippen molar-refractivity contribution in [3.63, 3.8) is 0 Å². The predicted octanol–water partition coefficient (Wildman–Crippen LogP) is 2.81. The molecule has 128 valence electrons. The average Bonchev–Trinajstić information content (AvgIpc) is 3.02. The molecule has 0 unspecified atom stereocenters. The number of primary amides is 1. The number of aryl methyl sites for hydroxylation is 3. The van der Waals surface area contributed by atoms with Crippen molar-refractivity contribution in [3.05, 3.63) is 65.1 Å². The first-order valence-electron chi connectivity index (χ1n) is 8.03. The third-order valence-corrected chi connectivity index (χ3v) is 4.22. The molecule has 3 rings (SSSR count). The maximum Gasteiger partial charge on any atom is 0.252 e. The highest BCUT2D eigenvalue weighted by molar-refractivity contribution is 5.98. The van der Waals surface area contributed by atoms with Gasteiger partial charge in [-0.15, -0.1) is 0 Å². The first-order chi connectivity index (χ1) is 11.9. The van der Waals surface area contributed by atoms with Crippen molar-refractivity contribution in [3.8, 4) is 11.1 Å². The number of nitrogens with zero attached hydrogens (tertiary/aromatic N) is 3. The van der Waals surface area contributed by atoms with E-state index in [0.29, 0.717) is 17.9 Å². The van der Waals surface area contributed by atoms with E-state index in [9.17, 15) is 4.79 Å². The number of hydrogen-bond acceptors (Lipinski definition) is 4. The van der Waals surface area contributed by atoms with Gasteiger partial charge in [0, 0.05) is 37.1 Å². The minimum Gasteiger partial charge on any atom is -0.365 e. The summed E-state index contributed by atoms with van der Waals surface area (Å²) in [6.07, 6.45) is 5.31. The Hall–Kier alpha value is -3.15. The highest BCUT2D eigenvalue weighted by Crippen LogP contribution is 2.23. The van der Waals surface area contributed by atoms with Crippen LogP contribution in [0, 0.1) is 13.8 Å². The largest absolute Gasteiger partial charge is 0.365 e. The van der Waals surface area contributed by atoms with Gasteiger partial charge in [-0.25, -0.2) is 4.98 Å². The summed E-state index contributed by atoms with van der Waals surface area (Å²) in [5.41, 5.74) is 11.2. The van der Waals surface area contributed by atoms with Crippen LogP contribution >= 0.6 is 0 Å². The Kier molecular flexibility index (Phi) is 4.52. The standard InChI is InChI=1S/C19H21N5O/c1-12-4-5-14(6-13(12)2)8-21-19-17(18(20)25)7-15(9-22-19)16-10-23-24(3)11-16/h4-7,9-11H,8H2,1-3H3,(H2,20,25)(H,21,22). The molecular weight excluding hydrogens is 314 g/mol. The molecular formula is C19H21N5O. The third kappa shape index (κ3) is 3.68. The third-order valence-electron chi connectivity index (χ3n) is 4.22. The number of aromatic nitrogens is 3. The minimum absolute atomic E-state index is 0.366. The van der Waals surface area contributed by atoms with Gasteiger partial charge in [0.1, 0.15) is 5.82 Å². The van der Waals surface area contributed by atoms with Crippen LogP contribution in [-0.2, 0) is 13.6 Å². The van der Waals surface area contributed by atoms with Gasteiger partial charge in [0.25, 0.3) is 5.91 Å². The maximum atomic E-state index is 11.8. The van der Waals surface area contributed by atoms with Gasteiger partial charge in [-0.2, -0.15) is 5.10 Å². The van der Waals surface area contributed by atoms with Crippen molar-refractivity contribution in [2.45, 2.75) is 20.4 Å². The highest BCUT2D eigenvalue weighted by Gasteiger charge is 2.12. The SMILES string of the molecule is Cc1ccc(CNc2ncc(-c3cnn(C)c3)cc2C(N)=O)cc1C. The Morgan fingerprint density at radius 3 is 2.60 bits per heavy atom. The molecule has 6 heteroatoms.